The monoisotopic (exact) mass is 234 g/mol. The van der Waals surface area contributed by atoms with E-state index >= 15 is 0 Å². The lowest BCUT2D eigenvalue weighted by Crippen LogP contribution is -2.47. The Labute approximate surface area is 101 Å². The molecule has 1 fully saturated rings. The van der Waals surface area contributed by atoms with Gasteiger partial charge in [-0.3, -0.25) is 4.79 Å². The van der Waals surface area contributed by atoms with Crippen molar-refractivity contribution in [2.75, 3.05) is 13.7 Å². The van der Waals surface area contributed by atoms with Crippen LogP contribution in [0.15, 0.2) is 30.3 Å². The molecule has 0 saturated heterocycles. The van der Waals surface area contributed by atoms with Gasteiger partial charge in [0, 0.05) is 7.11 Å². The van der Waals surface area contributed by atoms with E-state index in [-0.39, 0.29) is 18.1 Å². The van der Waals surface area contributed by atoms with Gasteiger partial charge in [-0.05, 0) is 18.4 Å². The van der Waals surface area contributed by atoms with Crippen molar-refractivity contribution < 1.29 is 9.53 Å². The minimum atomic E-state index is -0.596. The average molecular weight is 234 g/mol. The lowest BCUT2D eigenvalue weighted by atomic mass is 10.0. The van der Waals surface area contributed by atoms with E-state index in [0.29, 0.717) is 0 Å². The highest BCUT2D eigenvalue weighted by Crippen LogP contribution is 2.45. The summed E-state index contributed by atoms with van der Waals surface area (Å²) >= 11 is 0. The Kier molecular flexibility index (Phi) is 3.45. The molecule has 0 aliphatic heterocycles. The molecular formula is C13H18N2O2. The number of ether oxygens (including phenoxy) is 1. The van der Waals surface area contributed by atoms with Crippen LogP contribution in [0.3, 0.4) is 0 Å². The van der Waals surface area contributed by atoms with Crippen molar-refractivity contribution in [3.63, 3.8) is 0 Å². The molecule has 1 atom stereocenters. The van der Waals surface area contributed by atoms with E-state index in [1.807, 2.05) is 30.3 Å². The smallest absolute Gasteiger partial charge is 0.239 e. The van der Waals surface area contributed by atoms with Gasteiger partial charge in [0.05, 0.1) is 12.1 Å². The van der Waals surface area contributed by atoms with Crippen LogP contribution < -0.4 is 11.1 Å². The highest BCUT2D eigenvalue weighted by molar-refractivity contribution is 5.83. The number of methoxy groups -OCH3 is 1. The van der Waals surface area contributed by atoms with Gasteiger partial charge >= 0.3 is 0 Å². The molecule has 4 heteroatoms. The summed E-state index contributed by atoms with van der Waals surface area (Å²) in [4.78, 5) is 11.8. The molecule has 1 aromatic carbocycles. The van der Waals surface area contributed by atoms with Gasteiger partial charge in [-0.15, -0.1) is 0 Å². The van der Waals surface area contributed by atoms with Crippen LogP contribution in [0.4, 0.5) is 0 Å². The van der Waals surface area contributed by atoms with Crippen LogP contribution in [0, 0.1) is 0 Å². The number of amides is 1. The molecule has 1 aliphatic carbocycles. The van der Waals surface area contributed by atoms with E-state index in [1.165, 1.54) is 7.11 Å². The third kappa shape index (κ3) is 2.65. The summed E-state index contributed by atoms with van der Waals surface area (Å²) in [6.07, 6.45) is 1.95. The predicted octanol–water partition coefficient (Wildman–Crippen LogP) is 0.766. The zero-order valence-electron chi connectivity index (χ0n) is 9.98. The first-order valence-corrected chi connectivity index (χ1v) is 5.80. The molecule has 92 valence electrons. The summed E-state index contributed by atoms with van der Waals surface area (Å²) in [6.45, 7) is 0.247. The average Bonchev–Trinajstić information content (AvgIpc) is 3.11. The van der Waals surface area contributed by atoms with Gasteiger partial charge in [-0.25, -0.2) is 0 Å². The van der Waals surface area contributed by atoms with Crippen LogP contribution >= 0.6 is 0 Å². The number of rotatable bonds is 5. The van der Waals surface area contributed by atoms with E-state index in [4.69, 9.17) is 10.5 Å². The van der Waals surface area contributed by atoms with Gasteiger partial charge in [0.2, 0.25) is 5.91 Å². The summed E-state index contributed by atoms with van der Waals surface area (Å²) < 4.78 is 4.88. The van der Waals surface area contributed by atoms with E-state index < -0.39 is 6.04 Å². The molecule has 0 radical (unpaired) electrons. The molecule has 1 aliphatic rings. The molecule has 4 nitrogen and oxygen atoms in total. The first-order chi connectivity index (χ1) is 8.18. The Morgan fingerprint density at radius 2 is 2.12 bits per heavy atom. The largest absolute Gasteiger partial charge is 0.383 e. The highest BCUT2D eigenvalue weighted by atomic mass is 16.5. The molecule has 1 amide bonds. The normalized spacial score (nSPS) is 18.5. The predicted molar refractivity (Wildman–Crippen MR) is 65.3 cm³/mol. The second-order valence-electron chi connectivity index (χ2n) is 4.50. The van der Waals surface area contributed by atoms with Crippen LogP contribution in [-0.4, -0.2) is 25.7 Å². The number of carbonyl (C=O) groups excluding carboxylic acids is 1. The van der Waals surface area contributed by atoms with Crippen LogP contribution in [0.1, 0.15) is 18.4 Å². The van der Waals surface area contributed by atoms with Crippen molar-refractivity contribution in [2.24, 2.45) is 5.73 Å². The zero-order chi connectivity index (χ0) is 12.3. The van der Waals surface area contributed by atoms with Gasteiger partial charge in [0.15, 0.2) is 0 Å². The summed E-state index contributed by atoms with van der Waals surface area (Å²) in [5, 5.41) is 3.02. The Balaban J connectivity index is 2.02. The second-order valence-corrected chi connectivity index (χ2v) is 4.50. The van der Waals surface area contributed by atoms with E-state index in [9.17, 15) is 4.79 Å². The lowest BCUT2D eigenvalue weighted by Gasteiger charge is -2.20. The first kappa shape index (κ1) is 12.1. The third-order valence-corrected chi connectivity index (χ3v) is 3.12. The lowest BCUT2D eigenvalue weighted by molar-refractivity contribution is -0.124. The summed E-state index contributed by atoms with van der Waals surface area (Å²) in [7, 11) is 1.54. The van der Waals surface area contributed by atoms with Crippen molar-refractivity contribution in [3.8, 4) is 0 Å². The summed E-state index contributed by atoms with van der Waals surface area (Å²) in [5.41, 5.74) is 6.66. The van der Waals surface area contributed by atoms with Crippen LogP contribution in [0.5, 0.6) is 0 Å². The number of nitrogens with two attached hydrogens (primary N) is 1. The highest BCUT2D eigenvalue weighted by Gasteiger charge is 2.46. The SMILES string of the molecule is COCC(N)C(=O)NC1(c2ccccc2)CC1. The van der Waals surface area contributed by atoms with Crippen molar-refractivity contribution in [3.05, 3.63) is 35.9 Å². The minimum Gasteiger partial charge on any atom is -0.383 e. The van der Waals surface area contributed by atoms with Crippen molar-refractivity contribution >= 4 is 5.91 Å². The molecule has 2 rings (SSSR count). The van der Waals surface area contributed by atoms with E-state index in [0.717, 1.165) is 18.4 Å². The van der Waals surface area contributed by atoms with Crippen LogP contribution in [0.25, 0.3) is 0 Å². The summed E-state index contributed by atoms with van der Waals surface area (Å²) in [5.74, 6) is -0.145. The standard InChI is InChI=1S/C13H18N2O2/c1-17-9-11(14)12(16)15-13(7-8-13)10-5-3-2-4-6-10/h2-6,11H,7-9,14H2,1H3,(H,15,16). The maximum Gasteiger partial charge on any atom is 0.239 e. The van der Waals surface area contributed by atoms with Gasteiger partial charge in [-0.2, -0.15) is 0 Å². The fraction of sp³-hybridized carbons (Fsp3) is 0.462. The molecule has 0 heterocycles. The van der Waals surface area contributed by atoms with Crippen LogP contribution in [-0.2, 0) is 15.1 Å². The number of hydrogen-bond donors (Lipinski definition) is 2. The Bertz CT molecular complexity index is 388. The number of benzene rings is 1. The first-order valence-electron chi connectivity index (χ1n) is 5.80. The maximum atomic E-state index is 11.8. The number of nitrogens with one attached hydrogen (secondary N) is 1. The van der Waals surface area contributed by atoms with Crippen molar-refractivity contribution in [1.82, 2.24) is 5.32 Å². The fourth-order valence-corrected chi connectivity index (χ4v) is 1.95. The molecule has 3 N–H and O–H groups in total. The Hall–Kier alpha value is -1.39. The third-order valence-electron chi connectivity index (χ3n) is 3.12. The topological polar surface area (TPSA) is 64.3 Å². The molecule has 0 spiro atoms. The Morgan fingerprint density at radius 3 is 2.65 bits per heavy atom. The number of hydrogen-bond acceptors (Lipinski definition) is 3. The maximum absolute atomic E-state index is 11.8. The van der Waals surface area contributed by atoms with Crippen LogP contribution in [0.2, 0.25) is 0 Å². The van der Waals surface area contributed by atoms with Crippen molar-refractivity contribution in [2.45, 2.75) is 24.4 Å². The molecule has 1 saturated carbocycles. The zero-order valence-corrected chi connectivity index (χ0v) is 9.98. The minimum absolute atomic E-state index is 0.145. The molecule has 1 unspecified atom stereocenters. The molecule has 0 aromatic heterocycles. The number of carbonyl (C=O) groups is 1. The van der Waals surface area contributed by atoms with Crippen molar-refractivity contribution in [1.29, 1.82) is 0 Å². The Morgan fingerprint density at radius 1 is 1.47 bits per heavy atom. The van der Waals surface area contributed by atoms with Gasteiger partial charge in [0.1, 0.15) is 6.04 Å². The molecular weight excluding hydrogens is 216 g/mol. The molecule has 17 heavy (non-hydrogen) atoms. The summed E-state index contributed by atoms with van der Waals surface area (Å²) in [6, 6.07) is 9.41. The van der Waals surface area contributed by atoms with Gasteiger partial charge < -0.3 is 15.8 Å². The quantitative estimate of drug-likeness (QED) is 0.790. The van der Waals surface area contributed by atoms with Gasteiger partial charge in [0.25, 0.3) is 0 Å². The fourth-order valence-electron chi connectivity index (χ4n) is 1.95. The van der Waals surface area contributed by atoms with E-state index in [2.05, 4.69) is 5.32 Å². The van der Waals surface area contributed by atoms with E-state index in [1.54, 1.807) is 0 Å². The molecule has 1 aromatic rings. The van der Waals surface area contributed by atoms with Gasteiger partial charge in [-0.1, -0.05) is 30.3 Å². The molecule has 0 bridgehead atoms. The second kappa shape index (κ2) is 4.85.